The molecular weight excluding hydrogens is 937 g/mol. The Kier molecular flexibility index (Phi) is 16.9. The molecule has 0 saturated carbocycles. The number of anilines is 2. The third-order valence-electron chi connectivity index (χ3n) is 11.5. The van der Waals surface area contributed by atoms with Crippen molar-refractivity contribution in [2.75, 3.05) is 68.5 Å². The highest BCUT2D eigenvalue weighted by Crippen LogP contribution is 2.25. The Bertz CT molecular complexity index is 2800. The average Bonchev–Trinajstić information content (AvgIpc) is 3.96. The first-order valence-corrected chi connectivity index (χ1v) is 24.2. The second-order valence-electron chi connectivity index (χ2n) is 16.6. The third-order valence-corrected chi connectivity index (χ3v) is 12.0. The van der Waals surface area contributed by atoms with E-state index in [0.717, 1.165) is 38.0 Å². The minimum atomic E-state index is -3.63. The summed E-state index contributed by atoms with van der Waals surface area (Å²) in [5.41, 5.74) is 3.77. The van der Waals surface area contributed by atoms with E-state index >= 15 is 0 Å². The topological polar surface area (TPSA) is 267 Å². The zero-order valence-electron chi connectivity index (χ0n) is 38.8. The van der Waals surface area contributed by atoms with Crippen LogP contribution in [0.25, 0.3) is 0 Å². The van der Waals surface area contributed by atoms with Crippen LogP contribution in [-0.4, -0.2) is 147 Å². The maximum Gasteiger partial charge on any atom is 0.414 e. The van der Waals surface area contributed by atoms with Gasteiger partial charge < -0.3 is 24.8 Å². The van der Waals surface area contributed by atoms with E-state index in [2.05, 4.69) is 34.6 Å². The number of nitrogens with zero attached hydrogens (tertiary/aromatic N) is 6. The summed E-state index contributed by atoms with van der Waals surface area (Å²) in [6.45, 7) is 5.97. The van der Waals surface area contributed by atoms with Gasteiger partial charge in [-0.05, 0) is 85.3 Å². The summed E-state index contributed by atoms with van der Waals surface area (Å²) in [5.74, 6) is -1.25. The number of carbonyl (C=O) groups excluding carboxylic acids is 5. The van der Waals surface area contributed by atoms with Gasteiger partial charge in [-0.15, -0.1) is 0 Å². The quantitative estimate of drug-likeness (QED) is 0.0379. The molecule has 2 aromatic heterocycles. The van der Waals surface area contributed by atoms with E-state index in [1.54, 1.807) is 90.1 Å². The lowest BCUT2D eigenvalue weighted by molar-refractivity contribution is -0.151. The van der Waals surface area contributed by atoms with Crippen molar-refractivity contribution in [3.63, 3.8) is 0 Å². The summed E-state index contributed by atoms with van der Waals surface area (Å²) in [7, 11) is -3.63. The Labute approximate surface area is 409 Å². The molecule has 3 aliphatic heterocycles. The van der Waals surface area contributed by atoms with Crippen LogP contribution in [0.5, 0.6) is 0 Å². The fourth-order valence-electron chi connectivity index (χ4n) is 7.59. The fraction of sp³-hybridized carbons (Fsp3) is 0.286. The van der Waals surface area contributed by atoms with Crippen LogP contribution in [-0.2, 0) is 39.9 Å². The lowest BCUT2D eigenvalue weighted by atomic mass is 10.1. The van der Waals surface area contributed by atoms with Crippen molar-refractivity contribution in [1.29, 1.82) is 10.8 Å². The van der Waals surface area contributed by atoms with Crippen LogP contribution >= 0.6 is 0 Å². The molecule has 5 aromatic rings. The standard InChI is InChI=1S/C31H34N6O5.C18H18N4O6S/c1-22(30(39)41-21-23-6-3-2-4-7-23)36-16-14-35(15-17-36)19-27-20-37(31(40)42-27)26-11-9-24(10-12-26)28(32)34-29(38)25-8-5-13-33-18-25;1-29(25,26)27-11-15-10-22(18(24)28-15)14-6-4-12(5-7-14)16(19)21-17(23)13-3-2-8-20-9-13/h2-13,18,22,27H,14-17,19-21H2,1H3,(H2,32,34,38);2-9,15H,10-11H2,1H3,(H2,19,21,23). The second-order valence-corrected chi connectivity index (χ2v) is 18.2. The first kappa shape index (κ1) is 50.9. The summed E-state index contributed by atoms with van der Waals surface area (Å²) in [5, 5.41) is 21.3. The molecule has 370 valence electrons. The zero-order chi connectivity index (χ0) is 50.5. The Morgan fingerprint density at radius 2 is 1.18 bits per heavy atom. The largest absolute Gasteiger partial charge is 0.460 e. The van der Waals surface area contributed by atoms with Gasteiger partial charge >= 0.3 is 18.2 Å². The highest BCUT2D eigenvalue weighted by molar-refractivity contribution is 7.86. The number of pyridine rings is 2. The number of aromatic nitrogens is 2. The summed E-state index contributed by atoms with van der Waals surface area (Å²) in [4.78, 5) is 76.7. The SMILES string of the molecule is CC(C(=O)OCc1ccccc1)N1CCN(CC2CN(c3ccc(C(=N)NC(=O)c4cccnc4)cc3)C(=O)O2)CC1.CS(=O)(=O)OCC1CN(c2ccc(C(=N)NC(=O)c3cccnc3)cc2)C(=O)O1. The van der Waals surface area contributed by atoms with Crippen LogP contribution in [0.2, 0.25) is 0 Å². The highest BCUT2D eigenvalue weighted by Gasteiger charge is 2.36. The van der Waals surface area contributed by atoms with Crippen LogP contribution in [0.4, 0.5) is 21.0 Å². The summed E-state index contributed by atoms with van der Waals surface area (Å²) in [6.07, 6.45) is 4.83. The first-order valence-electron chi connectivity index (χ1n) is 22.4. The minimum Gasteiger partial charge on any atom is -0.460 e. The number of ether oxygens (including phenoxy) is 3. The van der Waals surface area contributed by atoms with Crippen LogP contribution < -0.4 is 20.4 Å². The number of cyclic esters (lactones) is 2. The molecule has 3 aliphatic rings. The Hall–Kier alpha value is -7.92. The van der Waals surface area contributed by atoms with E-state index in [0.29, 0.717) is 46.7 Å². The van der Waals surface area contributed by atoms with Crippen molar-refractivity contribution in [3.8, 4) is 0 Å². The van der Waals surface area contributed by atoms with Crippen molar-refractivity contribution in [3.05, 3.63) is 156 Å². The van der Waals surface area contributed by atoms with Crippen LogP contribution in [0.15, 0.2) is 128 Å². The zero-order valence-corrected chi connectivity index (χ0v) is 39.6. The van der Waals surface area contributed by atoms with Gasteiger partial charge in [0.1, 0.15) is 43.1 Å². The molecule has 3 aromatic carbocycles. The predicted octanol–water partition coefficient (Wildman–Crippen LogP) is 4.05. The van der Waals surface area contributed by atoms with E-state index in [9.17, 15) is 32.4 Å². The normalized spacial score (nSPS) is 17.5. The lowest BCUT2D eigenvalue weighted by Gasteiger charge is -2.37. The number of hydrogen-bond acceptors (Lipinski definition) is 17. The molecule has 22 heteroatoms. The number of nitrogens with one attached hydrogen (secondary N) is 4. The Morgan fingerprint density at radius 3 is 1.66 bits per heavy atom. The molecule has 4 amide bonds. The van der Waals surface area contributed by atoms with Crippen LogP contribution in [0.1, 0.15) is 44.3 Å². The van der Waals surface area contributed by atoms with Crippen LogP contribution in [0, 0.1) is 10.8 Å². The van der Waals surface area contributed by atoms with Gasteiger partial charge in [-0.3, -0.25) is 59.0 Å². The number of benzene rings is 3. The number of rotatable bonds is 15. The smallest absolute Gasteiger partial charge is 0.414 e. The molecule has 5 heterocycles. The molecule has 71 heavy (non-hydrogen) atoms. The molecule has 0 aliphatic carbocycles. The van der Waals surface area contributed by atoms with Crippen molar-refractivity contribution in [1.82, 2.24) is 30.4 Å². The molecule has 0 radical (unpaired) electrons. The molecule has 3 atom stereocenters. The van der Waals surface area contributed by atoms with Gasteiger partial charge in [0.25, 0.3) is 21.9 Å². The van der Waals surface area contributed by atoms with Gasteiger partial charge in [-0.25, -0.2) is 9.59 Å². The number of carbonyl (C=O) groups is 5. The van der Waals surface area contributed by atoms with Crippen molar-refractivity contribution < 1.29 is 50.8 Å². The number of piperazine rings is 1. The monoisotopic (exact) mass is 988 g/mol. The maximum absolute atomic E-state index is 12.6. The van der Waals surface area contributed by atoms with E-state index in [-0.39, 0.29) is 49.5 Å². The van der Waals surface area contributed by atoms with Gasteiger partial charge in [-0.1, -0.05) is 30.3 Å². The molecule has 3 fully saturated rings. The van der Waals surface area contributed by atoms with Crippen molar-refractivity contribution in [2.45, 2.75) is 31.8 Å². The van der Waals surface area contributed by atoms with Gasteiger partial charge in [0.2, 0.25) is 0 Å². The fourth-order valence-corrected chi connectivity index (χ4v) is 7.99. The molecule has 21 nitrogen and oxygen atoms in total. The molecule has 0 spiro atoms. The minimum absolute atomic E-state index is 0.0461. The third kappa shape index (κ3) is 14.3. The van der Waals surface area contributed by atoms with E-state index < -0.39 is 40.2 Å². The summed E-state index contributed by atoms with van der Waals surface area (Å²) in [6, 6.07) is 29.0. The Morgan fingerprint density at radius 1 is 0.690 bits per heavy atom. The first-order chi connectivity index (χ1) is 34.1. The van der Waals surface area contributed by atoms with E-state index in [1.165, 1.54) is 17.3 Å². The lowest BCUT2D eigenvalue weighted by Crippen LogP contribution is -2.53. The van der Waals surface area contributed by atoms with Gasteiger partial charge in [0, 0.05) is 80.0 Å². The summed E-state index contributed by atoms with van der Waals surface area (Å²) >= 11 is 0. The van der Waals surface area contributed by atoms with Crippen LogP contribution in [0.3, 0.4) is 0 Å². The number of amides is 4. The molecule has 8 rings (SSSR count). The van der Waals surface area contributed by atoms with Gasteiger partial charge in [0.05, 0.1) is 30.5 Å². The number of esters is 1. The van der Waals surface area contributed by atoms with Crippen molar-refractivity contribution >= 4 is 63.1 Å². The summed E-state index contributed by atoms with van der Waals surface area (Å²) < 4.78 is 43.0. The molecule has 3 saturated heterocycles. The van der Waals surface area contributed by atoms with E-state index in [1.807, 2.05) is 37.3 Å². The number of amidine groups is 2. The Balaban J connectivity index is 0.000000224. The molecule has 4 N–H and O–H groups in total. The molecule has 3 unspecified atom stereocenters. The number of hydrogen-bond donors (Lipinski definition) is 4. The van der Waals surface area contributed by atoms with Gasteiger partial charge in [-0.2, -0.15) is 8.42 Å². The van der Waals surface area contributed by atoms with E-state index in [4.69, 9.17) is 25.0 Å². The maximum atomic E-state index is 12.6. The van der Waals surface area contributed by atoms with Crippen molar-refractivity contribution in [2.24, 2.45) is 0 Å². The van der Waals surface area contributed by atoms with Gasteiger partial charge in [0.15, 0.2) is 0 Å². The highest BCUT2D eigenvalue weighted by atomic mass is 32.2. The molecular formula is C49H52N10O11S. The average molecular weight is 989 g/mol. The second kappa shape index (κ2) is 23.6. The molecule has 0 bridgehead atoms. The predicted molar refractivity (Wildman–Crippen MR) is 260 cm³/mol.